The number of hydrogen-bond donors (Lipinski definition) is 2. The molecule has 14 heavy (non-hydrogen) atoms. The van der Waals surface area contributed by atoms with Gasteiger partial charge in [-0.15, -0.1) is 0 Å². The third kappa shape index (κ3) is 4.44. The third-order valence-corrected chi connectivity index (χ3v) is 2.27. The molecule has 80 valence electrons. The van der Waals surface area contributed by atoms with Crippen LogP contribution in [0, 0.1) is 0 Å². The molecule has 3 nitrogen and oxygen atoms in total. The van der Waals surface area contributed by atoms with Crippen molar-refractivity contribution in [2.24, 2.45) is 5.73 Å². The lowest BCUT2D eigenvalue weighted by Crippen LogP contribution is -2.29. The first-order valence-corrected chi connectivity index (χ1v) is 5.28. The van der Waals surface area contributed by atoms with Crippen LogP contribution >= 0.6 is 0 Å². The van der Waals surface area contributed by atoms with Gasteiger partial charge in [0.15, 0.2) is 0 Å². The molecule has 0 aliphatic rings. The molecule has 0 radical (unpaired) electrons. The van der Waals surface area contributed by atoms with E-state index in [4.69, 9.17) is 10.2 Å². The van der Waals surface area contributed by atoms with Crippen molar-refractivity contribution >= 4 is 0 Å². The Kier molecular flexibility index (Phi) is 5.33. The van der Waals surface area contributed by atoms with Gasteiger partial charge >= 0.3 is 0 Å². The number of nitrogens with two attached hydrogens (primary N) is 1. The van der Waals surface area contributed by atoms with Crippen LogP contribution in [0.5, 0.6) is 0 Å². The Morgan fingerprint density at radius 1 is 1.57 bits per heavy atom. The quantitative estimate of drug-likeness (QED) is 0.650. The van der Waals surface area contributed by atoms with Crippen molar-refractivity contribution in [3.8, 4) is 0 Å². The normalized spacial score (nSPS) is 13.0. The van der Waals surface area contributed by atoms with Gasteiger partial charge in [0.1, 0.15) is 5.76 Å². The van der Waals surface area contributed by atoms with Crippen molar-refractivity contribution in [1.82, 2.24) is 5.32 Å². The maximum Gasteiger partial charge on any atom is 0.103 e. The second-order valence-corrected chi connectivity index (χ2v) is 3.62. The monoisotopic (exact) mass is 196 g/mol. The zero-order valence-corrected chi connectivity index (χ0v) is 8.83. The highest BCUT2D eigenvalue weighted by Gasteiger charge is 1.99. The molecule has 1 heterocycles. The summed E-state index contributed by atoms with van der Waals surface area (Å²) in [4.78, 5) is 0. The summed E-state index contributed by atoms with van der Waals surface area (Å²) in [6, 6.07) is 4.47. The van der Waals surface area contributed by atoms with E-state index in [-0.39, 0.29) is 0 Å². The molecule has 1 rings (SSSR count). The minimum atomic E-state index is 0.525. The summed E-state index contributed by atoms with van der Waals surface area (Å²) in [6.07, 6.45) is 4.89. The van der Waals surface area contributed by atoms with Crippen LogP contribution in [0.2, 0.25) is 0 Å². The predicted molar refractivity (Wildman–Crippen MR) is 58.2 cm³/mol. The van der Waals surface area contributed by atoms with Gasteiger partial charge in [-0.1, -0.05) is 0 Å². The number of furan rings is 1. The van der Waals surface area contributed by atoms with Gasteiger partial charge in [0.05, 0.1) is 6.26 Å². The van der Waals surface area contributed by atoms with Crippen LogP contribution in [0.3, 0.4) is 0 Å². The van der Waals surface area contributed by atoms with Crippen LogP contribution in [-0.2, 0) is 6.42 Å². The summed E-state index contributed by atoms with van der Waals surface area (Å²) in [5.41, 5.74) is 5.46. The molecule has 1 aromatic rings. The standard InChI is InChI=1S/C11H20N2O/c1-10(6-7-12)13-8-2-4-11-5-3-9-14-11/h3,5,9-10,13H,2,4,6-8,12H2,1H3. The third-order valence-electron chi connectivity index (χ3n) is 2.27. The smallest absolute Gasteiger partial charge is 0.103 e. The predicted octanol–water partition coefficient (Wildman–Crippen LogP) is 1.54. The topological polar surface area (TPSA) is 51.2 Å². The second kappa shape index (κ2) is 6.62. The van der Waals surface area contributed by atoms with Crippen LogP contribution in [-0.4, -0.2) is 19.1 Å². The Hall–Kier alpha value is -0.800. The van der Waals surface area contributed by atoms with E-state index in [1.807, 2.05) is 12.1 Å². The van der Waals surface area contributed by atoms with Crippen LogP contribution < -0.4 is 11.1 Å². The molecule has 1 aromatic heterocycles. The molecule has 0 aliphatic heterocycles. The first-order chi connectivity index (χ1) is 6.83. The molecule has 1 unspecified atom stereocenters. The summed E-state index contributed by atoms with van der Waals surface area (Å²) >= 11 is 0. The van der Waals surface area contributed by atoms with Crippen molar-refractivity contribution in [3.63, 3.8) is 0 Å². The van der Waals surface area contributed by atoms with Crippen molar-refractivity contribution in [1.29, 1.82) is 0 Å². The maximum atomic E-state index is 5.46. The van der Waals surface area contributed by atoms with Gasteiger partial charge in [0.25, 0.3) is 0 Å². The average Bonchev–Trinajstić information content (AvgIpc) is 2.65. The highest BCUT2D eigenvalue weighted by Crippen LogP contribution is 2.02. The highest BCUT2D eigenvalue weighted by molar-refractivity contribution is 4.97. The molecule has 0 saturated heterocycles. The summed E-state index contributed by atoms with van der Waals surface area (Å²) in [5.74, 6) is 1.07. The van der Waals surface area contributed by atoms with Gasteiger partial charge in [0.2, 0.25) is 0 Å². The van der Waals surface area contributed by atoms with Crippen LogP contribution in [0.1, 0.15) is 25.5 Å². The molecule has 0 bridgehead atoms. The van der Waals surface area contributed by atoms with Gasteiger partial charge in [-0.2, -0.15) is 0 Å². The van der Waals surface area contributed by atoms with Crippen LogP contribution in [0.25, 0.3) is 0 Å². The summed E-state index contributed by atoms with van der Waals surface area (Å²) in [5, 5.41) is 3.42. The number of aryl methyl sites for hydroxylation is 1. The number of rotatable bonds is 7. The van der Waals surface area contributed by atoms with E-state index in [1.54, 1.807) is 6.26 Å². The fourth-order valence-electron chi connectivity index (χ4n) is 1.42. The Morgan fingerprint density at radius 2 is 2.43 bits per heavy atom. The molecule has 0 aliphatic carbocycles. The lowest BCUT2D eigenvalue weighted by molar-refractivity contribution is 0.475. The molecule has 0 spiro atoms. The Bertz CT molecular complexity index is 221. The maximum absolute atomic E-state index is 5.46. The van der Waals surface area contributed by atoms with Crippen molar-refractivity contribution in [2.75, 3.05) is 13.1 Å². The molecule has 3 N–H and O–H groups in total. The Labute approximate surface area is 85.7 Å². The van der Waals surface area contributed by atoms with Gasteiger partial charge in [-0.25, -0.2) is 0 Å². The lowest BCUT2D eigenvalue weighted by atomic mass is 10.2. The van der Waals surface area contributed by atoms with E-state index in [1.165, 1.54) is 0 Å². The number of nitrogens with one attached hydrogen (secondary N) is 1. The number of hydrogen-bond acceptors (Lipinski definition) is 3. The second-order valence-electron chi connectivity index (χ2n) is 3.62. The van der Waals surface area contributed by atoms with E-state index < -0.39 is 0 Å². The minimum absolute atomic E-state index is 0.525. The average molecular weight is 196 g/mol. The van der Waals surface area contributed by atoms with E-state index in [0.717, 1.165) is 38.1 Å². The first-order valence-electron chi connectivity index (χ1n) is 5.28. The first kappa shape index (κ1) is 11.3. The Balaban J connectivity index is 1.99. The SMILES string of the molecule is CC(CCN)NCCCc1ccco1. The molecular weight excluding hydrogens is 176 g/mol. The van der Waals surface area contributed by atoms with Crippen molar-refractivity contribution < 1.29 is 4.42 Å². The minimum Gasteiger partial charge on any atom is -0.469 e. The van der Waals surface area contributed by atoms with Crippen LogP contribution in [0.15, 0.2) is 22.8 Å². The Morgan fingerprint density at radius 3 is 3.07 bits per heavy atom. The highest BCUT2D eigenvalue weighted by atomic mass is 16.3. The zero-order valence-electron chi connectivity index (χ0n) is 8.83. The molecule has 0 amide bonds. The molecule has 0 fully saturated rings. The van der Waals surface area contributed by atoms with Gasteiger partial charge in [0, 0.05) is 12.5 Å². The van der Waals surface area contributed by atoms with Crippen molar-refractivity contribution in [2.45, 2.75) is 32.2 Å². The van der Waals surface area contributed by atoms with Gasteiger partial charge in [-0.3, -0.25) is 0 Å². The summed E-state index contributed by atoms with van der Waals surface area (Å²) < 4.78 is 5.24. The lowest BCUT2D eigenvalue weighted by Gasteiger charge is -2.11. The molecule has 3 heteroatoms. The fourth-order valence-corrected chi connectivity index (χ4v) is 1.42. The van der Waals surface area contributed by atoms with E-state index in [2.05, 4.69) is 12.2 Å². The van der Waals surface area contributed by atoms with Crippen molar-refractivity contribution in [3.05, 3.63) is 24.2 Å². The molecule has 0 aromatic carbocycles. The molecule has 1 atom stereocenters. The summed E-state index contributed by atoms with van der Waals surface area (Å²) in [7, 11) is 0. The van der Waals surface area contributed by atoms with Gasteiger partial charge < -0.3 is 15.5 Å². The van der Waals surface area contributed by atoms with E-state index in [9.17, 15) is 0 Å². The van der Waals surface area contributed by atoms with Gasteiger partial charge in [-0.05, 0) is 45.0 Å². The molecule has 0 saturated carbocycles. The van der Waals surface area contributed by atoms with Crippen LogP contribution in [0.4, 0.5) is 0 Å². The fraction of sp³-hybridized carbons (Fsp3) is 0.636. The van der Waals surface area contributed by atoms with E-state index >= 15 is 0 Å². The largest absolute Gasteiger partial charge is 0.469 e. The zero-order chi connectivity index (χ0) is 10.2. The molecular formula is C11H20N2O. The van der Waals surface area contributed by atoms with E-state index in [0.29, 0.717) is 6.04 Å². The summed E-state index contributed by atoms with van der Waals surface area (Å²) in [6.45, 7) is 3.95.